The summed E-state index contributed by atoms with van der Waals surface area (Å²) in [6.07, 6.45) is 2.06. The number of thiazole rings is 1. The molecule has 0 aliphatic heterocycles. The van der Waals surface area contributed by atoms with Crippen LogP contribution in [0.3, 0.4) is 0 Å². The number of nitrogens with zero attached hydrogens (tertiary/aromatic N) is 2. The summed E-state index contributed by atoms with van der Waals surface area (Å²) in [7, 11) is 3.47. The van der Waals surface area contributed by atoms with Crippen LogP contribution in [0.2, 0.25) is 0 Å². The highest BCUT2D eigenvalue weighted by atomic mass is 32.1. The molecule has 0 saturated carbocycles. The molecule has 2 aromatic heterocycles. The Kier molecular flexibility index (Phi) is 4.37. The Balaban J connectivity index is 2.38. The van der Waals surface area contributed by atoms with Crippen molar-refractivity contribution in [2.75, 3.05) is 14.1 Å². The minimum atomic E-state index is -0.308. The van der Waals surface area contributed by atoms with Crippen molar-refractivity contribution in [2.45, 2.75) is 33.3 Å². The minimum absolute atomic E-state index is 0.0346. The molecule has 0 bridgehead atoms. The number of hydrogen-bond acceptors (Lipinski definition) is 4. The SMILES string of the molecule is Cc1cn2c(CC(=O)N(C)C)csc2c1C(=O)OC(C)C. The average molecular weight is 308 g/mol. The molecule has 5 nitrogen and oxygen atoms in total. The van der Waals surface area contributed by atoms with E-state index < -0.39 is 0 Å². The standard InChI is InChI=1S/C15H20N2O3S/c1-9(2)20-15(19)13-10(3)7-17-11(8-21-14(13)17)6-12(18)16(4)5/h7-9H,6H2,1-5H3. The Labute approximate surface area is 128 Å². The zero-order chi connectivity index (χ0) is 15.7. The molecular weight excluding hydrogens is 288 g/mol. The zero-order valence-electron chi connectivity index (χ0n) is 13.0. The maximum Gasteiger partial charge on any atom is 0.341 e. The molecule has 0 radical (unpaired) electrons. The van der Waals surface area contributed by atoms with Gasteiger partial charge in [0.25, 0.3) is 0 Å². The van der Waals surface area contributed by atoms with Crippen molar-refractivity contribution in [3.05, 3.63) is 28.4 Å². The van der Waals surface area contributed by atoms with Crippen molar-refractivity contribution in [1.29, 1.82) is 0 Å². The number of esters is 1. The molecule has 1 amide bonds. The molecule has 0 aliphatic carbocycles. The van der Waals surface area contributed by atoms with E-state index in [1.54, 1.807) is 19.0 Å². The molecular formula is C15H20N2O3S. The Morgan fingerprint density at radius 1 is 1.38 bits per heavy atom. The van der Waals surface area contributed by atoms with E-state index >= 15 is 0 Å². The summed E-state index contributed by atoms with van der Waals surface area (Å²) >= 11 is 1.46. The lowest BCUT2D eigenvalue weighted by Crippen LogP contribution is -2.23. The highest BCUT2D eigenvalue weighted by Crippen LogP contribution is 2.27. The number of hydrogen-bond donors (Lipinski definition) is 0. The van der Waals surface area contributed by atoms with E-state index in [2.05, 4.69) is 0 Å². The van der Waals surface area contributed by atoms with Gasteiger partial charge in [-0.25, -0.2) is 4.79 Å². The van der Waals surface area contributed by atoms with Crippen molar-refractivity contribution in [1.82, 2.24) is 9.30 Å². The number of carbonyl (C=O) groups is 2. The fourth-order valence-electron chi connectivity index (χ4n) is 2.08. The molecule has 0 atom stereocenters. The quantitative estimate of drug-likeness (QED) is 0.816. The van der Waals surface area contributed by atoms with Crippen LogP contribution in [0.1, 0.15) is 35.5 Å². The Hall–Kier alpha value is -1.82. The number of rotatable bonds is 4. The van der Waals surface area contributed by atoms with Gasteiger partial charge in [0.05, 0.1) is 18.1 Å². The molecule has 0 N–H and O–H groups in total. The Morgan fingerprint density at radius 3 is 2.62 bits per heavy atom. The van der Waals surface area contributed by atoms with Crippen molar-refractivity contribution in [3.63, 3.8) is 0 Å². The topological polar surface area (TPSA) is 51.0 Å². The number of aryl methyl sites for hydroxylation is 1. The lowest BCUT2D eigenvalue weighted by molar-refractivity contribution is -0.128. The molecule has 2 heterocycles. The lowest BCUT2D eigenvalue weighted by atomic mass is 10.2. The molecule has 0 saturated heterocycles. The van der Waals surface area contributed by atoms with Gasteiger partial charge in [-0.15, -0.1) is 11.3 Å². The maximum atomic E-state index is 12.2. The normalized spacial score (nSPS) is 11.1. The molecule has 0 unspecified atom stereocenters. The van der Waals surface area contributed by atoms with Crippen LogP contribution in [0.25, 0.3) is 4.83 Å². The van der Waals surface area contributed by atoms with Gasteiger partial charge < -0.3 is 14.0 Å². The minimum Gasteiger partial charge on any atom is -0.459 e. The summed E-state index contributed by atoms with van der Waals surface area (Å²) in [5, 5.41) is 1.92. The number of fused-ring (bicyclic) bond motifs is 1. The first-order valence-corrected chi connectivity index (χ1v) is 7.68. The van der Waals surface area contributed by atoms with E-state index in [1.165, 1.54) is 11.3 Å². The average Bonchev–Trinajstić information content (AvgIpc) is 2.87. The van der Waals surface area contributed by atoms with Crippen LogP contribution in [0.5, 0.6) is 0 Å². The third-order valence-electron chi connectivity index (χ3n) is 3.14. The molecule has 0 aliphatic rings. The third kappa shape index (κ3) is 3.10. The predicted octanol–water partition coefficient (Wildman–Crippen LogP) is 2.51. The second kappa shape index (κ2) is 5.89. The van der Waals surface area contributed by atoms with Crippen LogP contribution in [-0.4, -0.2) is 41.4 Å². The van der Waals surface area contributed by atoms with E-state index in [-0.39, 0.29) is 18.0 Å². The van der Waals surface area contributed by atoms with Gasteiger partial charge in [0.2, 0.25) is 5.91 Å². The monoisotopic (exact) mass is 308 g/mol. The van der Waals surface area contributed by atoms with E-state index in [0.717, 1.165) is 16.1 Å². The van der Waals surface area contributed by atoms with E-state index in [0.29, 0.717) is 12.0 Å². The van der Waals surface area contributed by atoms with Gasteiger partial charge in [-0.2, -0.15) is 0 Å². The third-order valence-corrected chi connectivity index (χ3v) is 4.16. The van der Waals surface area contributed by atoms with Gasteiger partial charge in [0.15, 0.2) is 0 Å². The van der Waals surface area contributed by atoms with E-state index in [1.807, 2.05) is 36.7 Å². The number of aromatic nitrogens is 1. The van der Waals surface area contributed by atoms with Gasteiger partial charge in [-0.3, -0.25) is 4.79 Å². The Bertz CT molecular complexity index is 682. The van der Waals surface area contributed by atoms with Crippen LogP contribution in [-0.2, 0) is 16.0 Å². The summed E-state index contributed by atoms with van der Waals surface area (Å²) in [5.74, 6) is -0.273. The highest BCUT2D eigenvalue weighted by Gasteiger charge is 2.21. The second-order valence-electron chi connectivity index (χ2n) is 5.51. The van der Waals surface area contributed by atoms with Crippen molar-refractivity contribution in [3.8, 4) is 0 Å². The van der Waals surface area contributed by atoms with Crippen LogP contribution in [0, 0.1) is 6.92 Å². The van der Waals surface area contributed by atoms with E-state index in [4.69, 9.17) is 4.74 Å². The van der Waals surface area contributed by atoms with Crippen LogP contribution < -0.4 is 0 Å². The van der Waals surface area contributed by atoms with Gasteiger partial charge >= 0.3 is 5.97 Å². The van der Waals surface area contributed by atoms with Gasteiger partial charge in [0, 0.05) is 31.4 Å². The van der Waals surface area contributed by atoms with Crippen molar-refractivity contribution >= 4 is 28.0 Å². The summed E-state index contributed by atoms with van der Waals surface area (Å²) < 4.78 is 7.21. The predicted molar refractivity (Wildman–Crippen MR) is 83.0 cm³/mol. The smallest absolute Gasteiger partial charge is 0.341 e. The highest BCUT2D eigenvalue weighted by molar-refractivity contribution is 7.16. The molecule has 2 rings (SSSR count). The molecule has 0 fully saturated rings. The zero-order valence-corrected chi connectivity index (χ0v) is 13.8. The van der Waals surface area contributed by atoms with Crippen LogP contribution in [0.15, 0.2) is 11.6 Å². The van der Waals surface area contributed by atoms with E-state index in [9.17, 15) is 9.59 Å². The molecule has 114 valence electrons. The summed E-state index contributed by atoms with van der Waals surface area (Å²) in [6.45, 7) is 5.54. The number of carbonyl (C=O) groups excluding carboxylic acids is 2. The summed E-state index contributed by atoms with van der Waals surface area (Å²) in [5.41, 5.74) is 2.35. The van der Waals surface area contributed by atoms with Crippen LogP contribution in [0.4, 0.5) is 0 Å². The first-order chi connectivity index (χ1) is 9.81. The first kappa shape index (κ1) is 15.6. The number of likely N-dealkylation sites (N-methyl/N-ethyl adjacent to an activating group) is 1. The molecule has 21 heavy (non-hydrogen) atoms. The van der Waals surface area contributed by atoms with Crippen LogP contribution >= 0.6 is 11.3 Å². The van der Waals surface area contributed by atoms with Crippen molar-refractivity contribution < 1.29 is 14.3 Å². The summed E-state index contributed by atoms with van der Waals surface area (Å²) in [4.78, 5) is 26.4. The fraction of sp³-hybridized carbons (Fsp3) is 0.467. The molecule has 0 spiro atoms. The maximum absolute atomic E-state index is 12.2. The van der Waals surface area contributed by atoms with Gasteiger partial charge in [-0.05, 0) is 26.3 Å². The van der Waals surface area contributed by atoms with Gasteiger partial charge in [-0.1, -0.05) is 0 Å². The molecule has 6 heteroatoms. The van der Waals surface area contributed by atoms with Gasteiger partial charge in [0.1, 0.15) is 4.83 Å². The van der Waals surface area contributed by atoms with Crippen molar-refractivity contribution in [2.24, 2.45) is 0 Å². The largest absolute Gasteiger partial charge is 0.459 e. The number of ether oxygens (including phenoxy) is 1. The molecule has 0 aromatic carbocycles. The number of amides is 1. The lowest BCUT2D eigenvalue weighted by Gasteiger charge is -2.09. The summed E-state index contributed by atoms with van der Waals surface area (Å²) in [6, 6.07) is 0. The first-order valence-electron chi connectivity index (χ1n) is 6.80. The second-order valence-corrected chi connectivity index (χ2v) is 6.37. The molecule has 2 aromatic rings. The fourth-order valence-corrected chi connectivity index (χ4v) is 3.17. The Morgan fingerprint density at radius 2 is 2.05 bits per heavy atom.